The van der Waals surface area contributed by atoms with E-state index in [1.165, 1.54) is 36.4 Å². The number of halogens is 6. The van der Waals surface area contributed by atoms with E-state index in [0.717, 1.165) is 34.4 Å². The van der Waals surface area contributed by atoms with Crippen LogP contribution in [0.5, 0.6) is 11.5 Å². The van der Waals surface area contributed by atoms with Gasteiger partial charge in [-0.1, -0.05) is 0 Å². The van der Waals surface area contributed by atoms with Crippen molar-refractivity contribution in [2.45, 2.75) is 108 Å². The summed E-state index contributed by atoms with van der Waals surface area (Å²) in [5.41, 5.74) is -0.650. The summed E-state index contributed by atoms with van der Waals surface area (Å²) in [5, 5.41) is 0. The van der Waals surface area contributed by atoms with Gasteiger partial charge in [0, 0.05) is 0 Å². The van der Waals surface area contributed by atoms with Crippen LogP contribution < -0.4 is 5.63 Å². The number of allylic oxidation sites excluding steroid dienone is 8. The van der Waals surface area contributed by atoms with Gasteiger partial charge in [0.1, 0.15) is 0 Å². The third-order valence-electron chi connectivity index (χ3n) is 9.14. The zero-order valence-corrected chi connectivity index (χ0v) is 33.2. The zero-order valence-electron chi connectivity index (χ0n) is 30.8. The number of hydrogen-bond acceptors (Lipinski definition) is 2. The fourth-order valence-corrected chi connectivity index (χ4v) is 19.4. The Hall–Kier alpha value is -2.54. The minimum atomic E-state index is -5.94. The van der Waals surface area contributed by atoms with Crippen LogP contribution in [-0.4, -0.2) is 0 Å². The van der Waals surface area contributed by atoms with Gasteiger partial charge in [-0.25, -0.2) is 0 Å². The maximum absolute atomic E-state index is 14.8. The molecule has 268 valence electrons. The fraction of sp³-hybridized carbons (Fsp3) is 0.500. The van der Waals surface area contributed by atoms with Crippen LogP contribution in [0, 0.1) is 21.7 Å². The van der Waals surface area contributed by atoms with Gasteiger partial charge in [-0.15, -0.1) is 0 Å². The van der Waals surface area contributed by atoms with Crippen LogP contribution in [-0.2, 0) is 33.5 Å². The molecule has 0 aromatic heterocycles. The summed E-state index contributed by atoms with van der Waals surface area (Å²) in [7, 11) is 0. The number of rotatable bonds is 6. The Kier molecular flexibility index (Phi) is 10.3. The molecule has 2 aromatic carbocycles. The van der Waals surface area contributed by atoms with Crippen molar-refractivity contribution in [2.24, 2.45) is 21.7 Å². The molecule has 0 saturated carbocycles. The van der Waals surface area contributed by atoms with E-state index in [-0.39, 0.29) is 0 Å². The molecule has 2 aliphatic carbocycles. The van der Waals surface area contributed by atoms with Gasteiger partial charge in [-0.3, -0.25) is 0 Å². The van der Waals surface area contributed by atoms with Crippen LogP contribution in [0.25, 0.3) is 0 Å². The Balaban J connectivity index is 2.36. The van der Waals surface area contributed by atoms with E-state index in [2.05, 4.69) is 12.2 Å². The van der Waals surface area contributed by atoms with Crippen LogP contribution in [0.1, 0.15) is 107 Å². The van der Waals surface area contributed by atoms with Crippen molar-refractivity contribution < 1.29 is 53.1 Å². The monoisotopic (exact) mass is 766 g/mol. The quantitative estimate of drug-likeness (QED) is 0.273. The summed E-state index contributed by atoms with van der Waals surface area (Å²) in [6.07, 6.45) is -4.48. The van der Waals surface area contributed by atoms with E-state index in [4.69, 9.17) is 5.63 Å². The third kappa shape index (κ3) is 8.02. The summed E-state index contributed by atoms with van der Waals surface area (Å²) in [4.78, 5) is 0. The molecule has 4 rings (SSSR count). The standard InChI is InChI=1S/2C13H21.2C7H5F3O.Zr/c2*1-12(2,3)10-7-8-11(9-10)13(4,5)6;2*8-7(9,10)5-3-1-2-4-6(5)11;/h2*7H,8H2,1-6H3;2*1-4,11H;/q;;;;+2/p-2. The first kappa shape index (κ1) is 39.3. The summed E-state index contributed by atoms with van der Waals surface area (Å²) in [6.45, 7) is 24.3. The van der Waals surface area contributed by atoms with Crippen molar-refractivity contribution >= 4 is 0 Å². The van der Waals surface area contributed by atoms with Gasteiger partial charge >= 0.3 is 295 Å². The average Bonchev–Trinajstić information content (AvgIpc) is 3.58. The third-order valence-corrected chi connectivity index (χ3v) is 17.7. The number of benzene rings is 2. The van der Waals surface area contributed by atoms with Crippen molar-refractivity contribution in [3.05, 3.63) is 101 Å². The molecule has 9 heteroatoms. The number of hydrogen-bond donors (Lipinski definition) is 0. The minimum absolute atomic E-state index is 0.447. The molecule has 0 aliphatic heterocycles. The Bertz CT molecular complexity index is 1580. The molecule has 0 saturated heterocycles. The molecule has 2 nitrogen and oxygen atoms in total. The molecule has 2 aromatic rings. The van der Waals surface area contributed by atoms with E-state index < -0.39 is 77.8 Å². The van der Waals surface area contributed by atoms with Crippen molar-refractivity contribution in [3.8, 4) is 11.5 Å². The summed E-state index contributed by atoms with van der Waals surface area (Å²) >= 11 is -5.94. The predicted octanol–water partition coefficient (Wildman–Crippen LogP) is 13.5. The average molecular weight is 768 g/mol. The van der Waals surface area contributed by atoms with Gasteiger partial charge in [0.15, 0.2) is 0 Å². The van der Waals surface area contributed by atoms with E-state index >= 15 is 0 Å². The van der Waals surface area contributed by atoms with Gasteiger partial charge in [0.25, 0.3) is 0 Å². The van der Waals surface area contributed by atoms with Gasteiger partial charge < -0.3 is 0 Å². The van der Waals surface area contributed by atoms with Crippen molar-refractivity contribution in [1.82, 2.24) is 0 Å². The van der Waals surface area contributed by atoms with Crippen molar-refractivity contribution in [1.29, 1.82) is 0 Å². The second-order valence-corrected chi connectivity index (χ2v) is 23.7. The predicted molar refractivity (Wildman–Crippen MR) is 181 cm³/mol. The van der Waals surface area contributed by atoms with Crippen LogP contribution in [0.15, 0.2) is 89.5 Å². The molecule has 0 radical (unpaired) electrons. The summed E-state index contributed by atoms with van der Waals surface area (Å²) in [6, 6.07) is 9.97. The molecule has 0 fully saturated rings. The van der Waals surface area contributed by atoms with Crippen LogP contribution >= 0.6 is 0 Å². The second kappa shape index (κ2) is 12.9. The van der Waals surface area contributed by atoms with E-state index in [0.29, 0.717) is 19.4 Å². The molecule has 0 N–H and O–H groups in total. The summed E-state index contributed by atoms with van der Waals surface area (Å²) in [5.74, 6) is -0.894. The van der Waals surface area contributed by atoms with Crippen LogP contribution in [0.2, 0.25) is 0 Å². The van der Waals surface area contributed by atoms with Gasteiger partial charge in [-0.05, 0) is 0 Å². The molecule has 2 aliphatic rings. The molecular weight excluding hydrogens is 718 g/mol. The molecule has 0 unspecified atom stereocenters. The topological polar surface area (TPSA) is 18.5 Å². The van der Waals surface area contributed by atoms with Crippen molar-refractivity contribution in [3.63, 3.8) is 0 Å². The Morgan fingerprint density at radius 3 is 1.04 bits per heavy atom. The zero-order chi connectivity index (χ0) is 37.2. The first-order valence-corrected chi connectivity index (χ1v) is 21.2. The van der Waals surface area contributed by atoms with Gasteiger partial charge in [0.2, 0.25) is 0 Å². The Labute approximate surface area is 294 Å². The van der Waals surface area contributed by atoms with Gasteiger partial charge in [-0.2, -0.15) is 0 Å². The van der Waals surface area contributed by atoms with Crippen LogP contribution in [0.4, 0.5) is 26.3 Å². The molecular formula is C40H50F6O2Zr. The number of para-hydroxylation sites is 2. The van der Waals surface area contributed by atoms with Crippen molar-refractivity contribution in [2.75, 3.05) is 0 Å². The second-order valence-electron chi connectivity index (χ2n) is 17.2. The molecule has 49 heavy (non-hydrogen) atoms. The van der Waals surface area contributed by atoms with Crippen LogP contribution in [0.3, 0.4) is 0 Å². The maximum atomic E-state index is 14.8. The molecule has 0 heterocycles. The molecule has 0 bridgehead atoms. The Morgan fingerprint density at radius 1 is 0.469 bits per heavy atom. The fourth-order valence-electron chi connectivity index (χ4n) is 6.86. The first-order valence-electron chi connectivity index (χ1n) is 16.7. The molecule has 0 amide bonds. The number of alkyl halides is 6. The van der Waals surface area contributed by atoms with E-state index in [9.17, 15) is 26.3 Å². The first-order chi connectivity index (χ1) is 22.1. The van der Waals surface area contributed by atoms with Gasteiger partial charge in [0.05, 0.1) is 0 Å². The van der Waals surface area contributed by atoms with E-state index in [1.807, 2.05) is 83.1 Å². The molecule has 0 atom stereocenters. The molecule has 0 spiro atoms. The Morgan fingerprint density at radius 2 is 0.776 bits per heavy atom. The summed E-state index contributed by atoms with van der Waals surface area (Å²) < 4.78 is 104. The SMILES string of the molecule is CC(C)(C)C1=CCC(C(C)(C)C)=[C]1[Zr]([O]c1ccccc1C(F)(F)F)([O]c1ccccc1C(F)(F)F)[C]1=C(C(C)(C)C)CC=C1C(C)(C)C. The normalized spacial score (nSPS) is 17.1. The van der Waals surface area contributed by atoms with E-state index in [1.54, 1.807) is 0 Å².